The Morgan fingerprint density at radius 3 is 0.931 bits per heavy atom. The van der Waals surface area contributed by atoms with Crippen molar-refractivity contribution >= 4 is 43.5 Å². The van der Waals surface area contributed by atoms with Crippen molar-refractivity contribution in [3.63, 3.8) is 0 Å². The summed E-state index contributed by atoms with van der Waals surface area (Å²) >= 11 is -3.02. The quantitative estimate of drug-likeness (QED) is 0.538. The monoisotopic (exact) mass is 449 g/mol. The van der Waals surface area contributed by atoms with Gasteiger partial charge in [-0.25, -0.2) is 0 Å². The van der Waals surface area contributed by atoms with Crippen LogP contribution in [0.4, 0.5) is 17.1 Å². The summed E-state index contributed by atoms with van der Waals surface area (Å²) in [4.78, 5) is 6.78. The van der Waals surface area contributed by atoms with E-state index >= 15 is 0 Å². The summed E-state index contributed by atoms with van der Waals surface area (Å²) in [7, 11) is 12.9. The van der Waals surface area contributed by atoms with Crippen LogP contribution in [0.1, 0.15) is 0 Å². The molecule has 152 valence electrons. The molecule has 0 aliphatic carbocycles. The minimum atomic E-state index is -3.02. The number of nitrogens with zero attached hydrogens (tertiary/aromatic N) is 3. The van der Waals surface area contributed by atoms with E-state index in [1.165, 1.54) is 30.2 Å². The van der Waals surface area contributed by atoms with Crippen LogP contribution in [0.25, 0.3) is 0 Å². The summed E-state index contributed by atoms with van der Waals surface area (Å²) in [5, 5.41) is 0. The summed E-state index contributed by atoms with van der Waals surface area (Å²) in [6.07, 6.45) is 0. The zero-order valence-corrected chi connectivity index (χ0v) is 20.9. The van der Waals surface area contributed by atoms with Gasteiger partial charge in [-0.05, 0) is 0 Å². The summed E-state index contributed by atoms with van der Waals surface area (Å²) in [5.41, 5.74) is 3.95. The van der Waals surface area contributed by atoms with E-state index in [1.54, 1.807) is 0 Å². The number of hydrogen-bond acceptors (Lipinski definition) is 3. The maximum atomic E-state index is 2.55. The zero-order chi connectivity index (χ0) is 21.2. The first-order valence-electron chi connectivity index (χ1n) is 10.1. The molecule has 0 aliphatic heterocycles. The fraction of sp³-hybridized carbons (Fsp3) is 0.280. The summed E-state index contributed by atoms with van der Waals surface area (Å²) < 4.78 is 4.46. The third-order valence-electron chi connectivity index (χ3n) is 5.77. The summed E-state index contributed by atoms with van der Waals surface area (Å²) in [6.45, 7) is 0. The second-order valence-electron chi connectivity index (χ2n) is 8.36. The second kappa shape index (κ2) is 8.54. The average molecular weight is 448 g/mol. The molecule has 0 saturated heterocycles. The standard InChI is InChI=1S/C25H33GeN3/c1-26(20-14-8-11-17-23(20)27(2)3,21-15-9-12-18-24(21)28(4)5)22-16-10-13-19-25(22)29(6)7/h8-19H,1-7H3. The second-order valence-corrected chi connectivity index (χ2v) is 16.5. The summed E-state index contributed by atoms with van der Waals surface area (Å²) in [5.74, 6) is 2.55. The van der Waals surface area contributed by atoms with Crippen LogP contribution in [0.5, 0.6) is 0 Å². The van der Waals surface area contributed by atoms with Gasteiger partial charge in [-0.1, -0.05) is 0 Å². The molecule has 29 heavy (non-hydrogen) atoms. The first-order chi connectivity index (χ1) is 13.8. The average Bonchev–Trinajstić information content (AvgIpc) is 2.73. The van der Waals surface area contributed by atoms with Gasteiger partial charge < -0.3 is 0 Å². The van der Waals surface area contributed by atoms with Gasteiger partial charge in [0.15, 0.2) is 0 Å². The fourth-order valence-corrected chi connectivity index (χ4v) is 14.0. The van der Waals surface area contributed by atoms with Crippen LogP contribution in [0.3, 0.4) is 0 Å². The van der Waals surface area contributed by atoms with Crippen molar-refractivity contribution in [3.8, 4) is 0 Å². The molecule has 0 N–H and O–H groups in total. The van der Waals surface area contributed by atoms with Crippen molar-refractivity contribution in [1.82, 2.24) is 0 Å². The Morgan fingerprint density at radius 2 is 0.690 bits per heavy atom. The molecule has 0 aromatic heterocycles. The molecule has 0 fully saturated rings. The van der Waals surface area contributed by atoms with Gasteiger partial charge in [0.1, 0.15) is 0 Å². The molecule has 0 bridgehead atoms. The molecule has 0 unspecified atom stereocenters. The van der Waals surface area contributed by atoms with E-state index in [2.05, 4.69) is 136 Å². The Kier molecular flexibility index (Phi) is 6.28. The van der Waals surface area contributed by atoms with Crippen molar-refractivity contribution in [1.29, 1.82) is 0 Å². The van der Waals surface area contributed by atoms with Crippen molar-refractivity contribution in [2.75, 3.05) is 57.0 Å². The number of para-hydroxylation sites is 3. The molecule has 0 aliphatic rings. The van der Waals surface area contributed by atoms with Gasteiger partial charge >= 0.3 is 179 Å². The van der Waals surface area contributed by atoms with Gasteiger partial charge in [0.05, 0.1) is 0 Å². The predicted octanol–water partition coefficient (Wildman–Crippen LogP) is 2.98. The van der Waals surface area contributed by atoms with E-state index in [-0.39, 0.29) is 0 Å². The van der Waals surface area contributed by atoms with Gasteiger partial charge in [0, 0.05) is 0 Å². The molecule has 3 nitrogen and oxygen atoms in total. The number of rotatable bonds is 6. The van der Waals surface area contributed by atoms with Gasteiger partial charge in [-0.3, -0.25) is 0 Å². The molecular formula is C25H33GeN3. The van der Waals surface area contributed by atoms with Gasteiger partial charge in [-0.2, -0.15) is 0 Å². The Bertz CT molecular complexity index is 854. The number of benzene rings is 3. The normalized spacial score (nSPS) is 11.3. The van der Waals surface area contributed by atoms with Crippen LogP contribution in [-0.4, -0.2) is 55.6 Å². The van der Waals surface area contributed by atoms with E-state index < -0.39 is 13.3 Å². The van der Waals surface area contributed by atoms with Crippen LogP contribution >= 0.6 is 0 Å². The molecule has 4 heteroatoms. The number of hydrogen-bond donors (Lipinski definition) is 0. The molecule has 0 atom stereocenters. The van der Waals surface area contributed by atoms with Crippen molar-refractivity contribution in [3.05, 3.63) is 72.8 Å². The van der Waals surface area contributed by atoms with Crippen molar-refractivity contribution in [2.45, 2.75) is 5.76 Å². The van der Waals surface area contributed by atoms with E-state index in [4.69, 9.17) is 0 Å². The first kappa shape index (κ1) is 21.3. The number of anilines is 3. The Balaban J connectivity index is 2.46. The zero-order valence-electron chi connectivity index (χ0n) is 18.8. The van der Waals surface area contributed by atoms with Crippen LogP contribution in [-0.2, 0) is 0 Å². The van der Waals surface area contributed by atoms with Gasteiger partial charge in [0.25, 0.3) is 0 Å². The molecule has 3 rings (SSSR count). The van der Waals surface area contributed by atoms with Crippen LogP contribution in [0.15, 0.2) is 72.8 Å². The van der Waals surface area contributed by atoms with E-state index in [0.29, 0.717) is 0 Å². The first-order valence-corrected chi connectivity index (χ1v) is 15.3. The molecule has 0 heterocycles. The van der Waals surface area contributed by atoms with E-state index in [9.17, 15) is 0 Å². The van der Waals surface area contributed by atoms with E-state index in [0.717, 1.165) is 0 Å². The fourth-order valence-electron chi connectivity index (χ4n) is 4.29. The molecular weight excluding hydrogens is 415 g/mol. The van der Waals surface area contributed by atoms with Crippen LogP contribution in [0, 0.1) is 0 Å². The Morgan fingerprint density at radius 1 is 0.448 bits per heavy atom. The summed E-state index contributed by atoms with van der Waals surface area (Å²) in [6, 6.07) is 26.9. The van der Waals surface area contributed by atoms with E-state index in [1.807, 2.05) is 0 Å². The molecule has 0 spiro atoms. The molecule has 3 aromatic carbocycles. The Labute approximate surface area is 178 Å². The third kappa shape index (κ3) is 3.88. The van der Waals surface area contributed by atoms with Crippen molar-refractivity contribution < 1.29 is 0 Å². The SMILES string of the molecule is CN(C)c1cccc[c]1[Ge]([CH3])([c]1ccccc1N(C)C)[c]1ccccc1N(C)C. The topological polar surface area (TPSA) is 9.72 Å². The third-order valence-corrected chi connectivity index (χ3v) is 15.2. The minimum absolute atomic E-state index is 1.32. The maximum absolute atomic E-state index is 3.02. The van der Waals surface area contributed by atoms with Crippen molar-refractivity contribution in [2.24, 2.45) is 0 Å². The van der Waals surface area contributed by atoms with Gasteiger partial charge in [0.2, 0.25) is 0 Å². The molecule has 0 amide bonds. The van der Waals surface area contributed by atoms with Crippen LogP contribution < -0.4 is 27.9 Å². The molecule has 0 radical (unpaired) electrons. The molecule has 3 aromatic rings. The van der Waals surface area contributed by atoms with Crippen LogP contribution in [0.2, 0.25) is 5.76 Å². The predicted molar refractivity (Wildman–Crippen MR) is 133 cm³/mol. The Hall–Kier alpha value is -2.40. The van der Waals surface area contributed by atoms with Gasteiger partial charge in [-0.15, -0.1) is 0 Å². The molecule has 0 saturated carbocycles.